The van der Waals surface area contributed by atoms with Gasteiger partial charge in [0.2, 0.25) is 6.41 Å². The van der Waals surface area contributed by atoms with Gasteiger partial charge >= 0.3 is 5.97 Å². The van der Waals surface area contributed by atoms with Crippen molar-refractivity contribution >= 4 is 12.4 Å². The summed E-state index contributed by atoms with van der Waals surface area (Å²) in [7, 11) is 0. The molecule has 3 N–H and O–H groups in total. The Kier molecular flexibility index (Phi) is 12.1. The number of hydrogen-bond acceptors (Lipinski definition) is 5. The number of carbonyl (C=O) groups excluding carboxylic acids is 2. The van der Waals surface area contributed by atoms with E-state index in [2.05, 4.69) is 18.9 Å². The summed E-state index contributed by atoms with van der Waals surface area (Å²) >= 11 is 0. The second-order valence-electron chi connectivity index (χ2n) is 4.83. The van der Waals surface area contributed by atoms with Crippen LogP contribution in [0.25, 0.3) is 0 Å². The molecule has 0 heterocycles. The van der Waals surface area contributed by atoms with Crippen LogP contribution in [-0.2, 0) is 19.1 Å². The van der Waals surface area contributed by atoms with E-state index in [1.807, 2.05) is 0 Å². The van der Waals surface area contributed by atoms with E-state index in [0.29, 0.717) is 0 Å². The minimum absolute atomic E-state index is 0.0817. The fourth-order valence-corrected chi connectivity index (χ4v) is 1.16. The van der Waals surface area contributed by atoms with E-state index in [-0.39, 0.29) is 13.0 Å². The Labute approximate surface area is 125 Å². The third kappa shape index (κ3) is 12.8. The summed E-state index contributed by atoms with van der Waals surface area (Å²) in [5.74, 6) is -0.593. The van der Waals surface area contributed by atoms with Gasteiger partial charge in [-0.1, -0.05) is 31.4 Å². The molecule has 0 spiro atoms. The van der Waals surface area contributed by atoms with Gasteiger partial charge in [-0.3, -0.25) is 4.79 Å². The molecule has 6 heteroatoms. The summed E-state index contributed by atoms with van der Waals surface area (Å²) in [5, 5.41) is 9.11. The van der Waals surface area contributed by atoms with Crippen LogP contribution >= 0.6 is 0 Å². The molecule has 0 rings (SSSR count). The van der Waals surface area contributed by atoms with Crippen LogP contribution in [0.3, 0.4) is 0 Å². The molecule has 6 nitrogen and oxygen atoms in total. The van der Waals surface area contributed by atoms with Gasteiger partial charge in [0.25, 0.3) is 0 Å². The third-order valence-corrected chi connectivity index (χ3v) is 1.90. The zero-order valence-electron chi connectivity index (χ0n) is 12.9. The molecule has 21 heavy (non-hydrogen) atoms. The smallest absolute Gasteiger partial charge is 0.338 e. The van der Waals surface area contributed by atoms with Crippen molar-refractivity contribution in [2.24, 2.45) is 5.73 Å². The standard InChI is InChI=1S/C14H22O4.CH3NO/c1-6-8-11(7-2)10-17-13(16)12(9-15)18-14(3,4)5;2-1-3/h6-8,12,15H,1-2,9-10H2,3-5H3;1H,(H2,2,3)/b11-8+;. The average molecular weight is 299 g/mol. The highest BCUT2D eigenvalue weighted by Gasteiger charge is 2.25. The lowest BCUT2D eigenvalue weighted by Gasteiger charge is -2.25. The molecular formula is C15H25NO5. The highest BCUT2D eigenvalue weighted by Crippen LogP contribution is 2.12. The monoisotopic (exact) mass is 299 g/mol. The van der Waals surface area contributed by atoms with E-state index < -0.39 is 24.3 Å². The van der Waals surface area contributed by atoms with Gasteiger partial charge in [0.15, 0.2) is 6.10 Å². The number of hydrogen-bond donors (Lipinski definition) is 2. The number of carbonyl (C=O) groups is 2. The number of primary amides is 1. The van der Waals surface area contributed by atoms with Gasteiger partial charge < -0.3 is 20.3 Å². The van der Waals surface area contributed by atoms with Gasteiger partial charge in [-0.2, -0.15) is 0 Å². The van der Waals surface area contributed by atoms with Crippen molar-refractivity contribution in [1.82, 2.24) is 0 Å². The van der Waals surface area contributed by atoms with Gasteiger partial charge in [-0.05, 0) is 26.3 Å². The van der Waals surface area contributed by atoms with Gasteiger partial charge in [-0.15, -0.1) is 0 Å². The van der Waals surface area contributed by atoms with Crippen molar-refractivity contribution in [2.45, 2.75) is 32.5 Å². The maximum atomic E-state index is 11.7. The Morgan fingerprint density at radius 2 is 1.90 bits per heavy atom. The molecule has 1 unspecified atom stereocenters. The minimum Gasteiger partial charge on any atom is -0.459 e. The number of amides is 1. The molecule has 0 aromatic carbocycles. The third-order valence-electron chi connectivity index (χ3n) is 1.90. The average Bonchev–Trinajstić information content (AvgIpc) is 2.40. The van der Waals surface area contributed by atoms with Crippen LogP contribution in [0.2, 0.25) is 0 Å². The predicted molar refractivity (Wildman–Crippen MR) is 81.4 cm³/mol. The number of aliphatic hydroxyl groups excluding tert-OH is 1. The largest absolute Gasteiger partial charge is 0.459 e. The summed E-state index contributed by atoms with van der Waals surface area (Å²) in [4.78, 5) is 20.3. The zero-order chi connectivity index (χ0) is 16.9. The predicted octanol–water partition coefficient (Wildman–Crippen LogP) is 1.11. The maximum absolute atomic E-state index is 11.7. The molecule has 0 aliphatic carbocycles. The molecule has 0 aromatic heterocycles. The van der Waals surface area contributed by atoms with Crippen LogP contribution < -0.4 is 5.73 Å². The molecule has 0 saturated carbocycles. The Balaban J connectivity index is 0. The number of ether oxygens (including phenoxy) is 2. The number of rotatable bonds is 7. The summed E-state index contributed by atoms with van der Waals surface area (Å²) in [6.45, 7) is 12.2. The zero-order valence-corrected chi connectivity index (χ0v) is 12.9. The molecule has 0 radical (unpaired) electrons. The van der Waals surface area contributed by atoms with Crippen LogP contribution in [0.1, 0.15) is 20.8 Å². The van der Waals surface area contributed by atoms with Crippen LogP contribution in [0.4, 0.5) is 0 Å². The lowest BCUT2D eigenvalue weighted by Crippen LogP contribution is -2.37. The van der Waals surface area contributed by atoms with Gasteiger partial charge in [0, 0.05) is 0 Å². The SMILES string of the molecule is C=C/C=C(\C=C)COC(=O)C(CO)OC(C)(C)C.NC=O. The second kappa shape index (κ2) is 11.9. The first-order valence-electron chi connectivity index (χ1n) is 6.30. The summed E-state index contributed by atoms with van der Waals surface area (Å²) < 4.78 is 10.4. The lowest BCUT2D eigenvalue weighted by atomic mass is 10.2. The Morgan fingerprint density at radius 1 is 1.38 bits per heavy atom. The summed E-state index contributed by atoms with van der Waals surface area (Å²) in [6.07, 6.45) is 4.13. The van der Waals surface area contributed by atoms with Gasteiger partial charge in [0.1, 0.15) is 6.61 Å². The van der Waals surface area contributed by atoms with Gasteiger partial charge in [0.05, 0.1) is 12.2 Å². The van der Waals surface area contributed by atoms with Crippen molar-refractivity contribution in [1.29, 1.82) is 0 Å². The maximum Gasteiger partial charge on any atom is 0.338 e. The Hall–Kier alpha value is -1.92. The molecule has 0 aliphatic rings. The summed E-state index contributed by atoms with van der Waals surface area (Å²) in [5.41, 5.74) is 4.37. The number of esters is 1. The van der Waals surface area contributed by atoms with Crippen LogP contribution in [-0.4, -0.2) is 42.4 Å². The first kappa shape index (κ1) is 21.4. The Bertz CT molecular complexity index is 369. The number of allylic oxidation sites excluding steroid dienone is 2. The van der Waals surface area contributed by atoms with Crippen molar-refractivity contribution in [3.05, 3.63) is 37.0 Å². The van der Waals surface area contributed by atoms with Gasteiger partial charge in [-0.25, -0.2) is 4.79 Å². The van der Waals surface area contributed by atoms with Crippen molar-refractivity contribution < 1.29 is 24.2 Å². The molecule has 1 atom stereocenters. The normalized spacial score (nSPS) is 12.5. The Morgan fingerprint density at radius 3 is 2.24 bits per heavy atom. The molecule has 0 saturated heterocycles. The molecule has 0 bridgehead atoms. The van der Waals surface area contributed by atoms with E-state index in [4.69, 9.17) is 19.4 Å². The van der Waals surface area contributed by atoms with E-state index in [9.17, 15) is 4.79 Å². The van der Waals surface area contributed by atoms with Crippen molar-refractivity contribution in [3.63, 3.8) is 0 Å². The molecule has 1 amide bonds. The van der Waals surface area contributed by atoms with E-state index >= 15 is 0 Å². The molecule has 120 valence electrons. The molecule has 0 aromatic rings. The molecular weight excluding hydrogens is 274 g/mol. The highest BCUT2D eigenvalue weighted by atomic mass is 16.6. The van der Waals surface area contributed by atoms with E-state index in [0.717, 1.165) is 5.57 Å². The quantitative estimate of drug-likeness (QED) is 0.417. The number of nitrogens with two attached hydrogens (primary N) is 1. The summed E-state index contributed by atoms with van der Waals surface area (Å²) in [6, 6.07) is 0. The second-order valence-corrected chi connectivity index (χ2v) is 4.83. The van der Waals surface area contributed by atoms with Crippen LogP contribution in [0.5, 0.6) is 0 Å². The minimum atomic E-state index is -0.972. The van der Waals surface area contributed by atoms with Crippen LogP contribution in [0.15, 0.2) is 37.0 Å². The van der Waals surface area contributed by atoms with E-state index in [1.165, 1.54) is 0 Å². The fraction of sp³-hybridized carbons (Fsp3) is 0.467. The van der Waals surface area contributed by atoms with Crippen LogP contribution in [0, 0.1) is 0 Å². The highest BCUT2D eigenvalue weighted by molar-refractivity contribution is 5.75. The molecule has 0 aliphatic heterocycles. The topological polar surface area (TPSA) is 98.8 Å². The number of aliphatic hydroxyl groups is 1. The molecule has 0 fully saturated rings. The van der Waals surface area contributed by atoms with E-state index in [1.54, 1.807) is 39.0 Å². The van der Waals surface area contributed by atoms with Crippen molar-refractivity contribution in [2.75, 3.05) is 13.2 Å². The first-order chi connectivity index (χ1) is 9.75. The lowest BCUT2D eigenvalue weighted by molar-refractivity contribution is -0.169. The first-order valence-corrected chi connectivity index (χ1v) is 6.30. The van der Waals surface area contributed by atoms with Crippen molar-refractivity contribution in [3.8, 4) is 0 Å². The fourth-order valence-electron chi connectivity index (χ4n) is 1.16.